The number of fused-ring (bicyclic) bond motifs is 3. The summed E-state index contributed by atoms with van der Waals surface area (Å²) in [6, 6.07) is 3.12. The molecule has 2 saturated carbocycles. The Balaban J connectivity index is 1.66. The highest BCUT2D eigenvalue weighted by Gasteiger charge is 2.74. The second-order valence-corrected chi connectivity index (χ2v) is 7.42. The van der Waals surface area contributed by atoms with E-state index in [9.17, 15) is 9.18 Å². The number of halogens is 2. The van der Waals surface area contributed by atoms with Crippen molar-refractivity contribution in [3.8, 4) is 5.75 Å². The maximum absolute atomic E-state index is 14.6. The monoisotopic (exact) mass is 384 g/mol. The number of benzene rings is 1. The first kappa shape index (κ1) is 15.5. The summed E-state index contributed by atoms with van der Waals surface area (Å²) in [7, 11) is 1.58. The van der Waals surface area contributed by atoms with Crippen molar-refractivity contribution in [3.05, 3.63) is 28.0 Å². The number of hydrogen-bond donors (Lipinski definition) is 0. The van der Waals surface area contributed by atoms with Crippen LogP contribution in [-0.2, 0) is 14.3 Å². The first-order valence-electron chi connectivity index (χ1n) is 7.90. The fourth-order valence-corrected chi connectivity index (χ4v) is 4.64. The van der Waals surface area contributed by atoms with Crippen molar-refractivity contribution in [3.63, 3.8) is 0 Å². The van der Waals surface area contributed by atoms with Crippen LogP contribution in [0.3, 0.4) is 0 Å². The topological polar surface area (TPSA) is 48.1 Å². The molecule has 2 aliphatic carbocycles. The average Bonchev–Trinajstić information content (AvgIpc) is 2.91. The van der Waals surface area contributed by atoms with Crippen molar-refractivity contribution in [1.82, 2.24) is 0 Å². The zero-order chi connectivity index (χ0) is 16.2. The van der Waals surface area contributed by atoms with Crippen LogP contribution in [0.15, 0.2) is 16.6 Å². The molecular formula is C17H18BrFO4. The van der Waals surface area contributed by atoms with Gasteiger partial charge in [0.2, 0.25) is 0 Å². The van der Waals surface area contributed by atoms with Gasteiger partial charge in [0.15, 0.2) is 11.4 Å². The summed E-state index contributed by atoms with van der Waals surface area (Å²) in [5.41, 5.74) is -0.429. The van der Waals surface area contributed by atoms with Crippen molar-refractivity contribution in [2.24, 2.45) is 11.8 Å². The normalized spacial score (nSPS) is 34.4. The molecule has 1 aromatic carbocycles. The third kappa shape index (κ3) is 2.26. The number of carbonyl (C=O) groups excluding carboxylic acids is 1. The zero-order valence-corrected chi connectivity index (χ0v) is 14.4. The molecule has 0 N–H and O–H groups in total. The maximum atomic E-state index is 14.6. The van der Waals surface area contributed by atoms with Crippen molar-refractivity contribution in [2.75, 3.05) is 20.3 Å². The van der Waals surface area contributed by atoms with Gasteiger partial charge in [-0.25, -0.2) is 4.39 Å². The van der Waals surface area contributed by atoms with Crippen molar-refractivity contribution >= 4 is 21.7 Å². The highest BCUT2D eigenvalue weighted by atomic mass is 79.9. The molecule has 4 atom stereocenters. The molecule has 2 bridgehead atoms. The minimum Gasteiger partial charge on any atom is -0.491 e. The van der Waals surface area contributed by atoms with Gasteiger partial charge >= 0.3 is 0 Å². The molecule has 1 aromatic rings. The van der Waals surface area contributed by atoms with Crippen molar-refractivity contribution in [2.45, 2.75) is 31.0 Å². The quantitative estimate of drug-likeness (QED) is 0.576. The van der Waals surface area contributed by atoms with Gasteiger partial charge in [-0.05, 0) is 37.3 Å². The molecule has 1 spiro atoms. The average molecular weight is 385 g/mol. The Morgan fingerprint density at radius 3 is 2.91 bits per heavy atom. The standard InChI is InChI=1S/C17H18BrFO4/c1-21-4-5-22-13-8-11(18)7-12(19)14(13)16-17(23-16)10-3-2-9(6-10)15(17)20/h7-10,16H,2-6H2,1H3. The minimum atomic E-state index is -0.795. The number of hydrogen-bond acceptors (Lipinski definition) is 4. The van der Waals surface area contributed by atoms with Gasteiger partial charge in [0.05, 0.1) is 12.2 Å². The van der Waals surface area contributed by atoms with Crippen LogP contribution in [0.2, 0.25) is 0 Å². The predicted octanol–water partition coefficient (Wildman–Crippen LogP) is 3.42. The number of carbonyl (C=O) groups is 1. The van der Waals surface area contributed by atoms with E-state index in [-0.39, 0.29) is 17.6 Å². The zero-order valence-electron chi connectivity index (χ0n) is 12.8. The van der Waals surface area contributed by atoms with Crippen LogP contribution in [0.4, 0.5) is 4.39 Å². The summed E-state index contributed by atoms with van der Waals surface area (Å²) < 4.78 is 31.7. The summed E-state index contributed by atoms with van der Waals surface area (Å²) in [5.74, 6) is 0.501. The van der Waals surface area contributed by atoms with Gasteiger partial charge in [0, 0.05) is 17.5 Å². The van der Waals surface area contributed by atoms with Gasteiger partial charge in [-0.3, -0.25) is 4.79 Å². The molecule has 23 heavy (non-hydrogen) atoms. The first-order valence-corrected chi connectivity index (χ1v) is 8.70. The predicted molar refractivity (Wildman–Crippen MR) is 83.9 cm³/mol. The van der Waals surface area contributed by atoms with Crippen molar-refractivity contribution in [1.29, 1.82) is 0 Å². The molecule has 3 fully saturated rings. The van der Waals surface area contributed by atoms with Gasteiger partial charge in [0.1, 0.15) is 24.3 Å². The van der Waals surface area contributed by atoms with Crippen LogP contribution in [-0.4, -0.2) is 31.7 Å². The Kier molecular flexibility index (Phi) is 3.74. The molecule has 1 heterocycles. The van der Waals surface area contributed by atoms with E-state index < -0.39 is 17.5 Å². The second-order valence-electron chi connectivity index (χ2n) is 6.50. The number of methoxy groups -OCH3 is 1. The number of rotatable bonds is 5. The van der Waals surface area contributed by atoms with E-state index >= 15 is 0 Å². The summed E-state index contributed by atoms with van der Waals surface area (Å²) in [6.45, 7) is 0.729. The van der Waals surface area contributed by atoms with E-state index in [2.05, 4.69) is 15.9 Å². The fourth-order valence-electron chi connectivity index (χ4n) is 4.23. The number of Topliss-reactive ketones (excluding diaryl/α,β-unsaturated/α-hetero) is 1. The van der Waals surface area contributed by atoms with Crippen molar-refractivity contribution < 1.29 is 23.4 Å². The summed E-state index contributed by atoms with van der Waals surface area (Å²) in [4.78, 5) is 12.6. The van der Waals surface area contributed by atoms with Crippen LogP contribution in [0, 0.1) is 17.7 Å². The molecule has 6 heteroatoms. The molecule has 1 saturated heterocycles. The maximum Gasteiger partial charge on any atom is 0.171 e. The summed E-state index contributed by atoms with van der Waals surface area (Å²) in [6.07, 6.45) is 2.30. The SMILES string of the molecule is COCCOc1cc(Br)cc(F)c1C1OC12C(=O)C1CCC2C1. The van der Waals surface area contributed by atoms with E-state index in [0.29, 0.717) is 29.0 Å². The molecule has 4 rings (SSSR count). The van der Waals surface area contributed by atoms with Gasteiger partial charge in [-0.15, -0.1) is 0 Å². The Bertz CT molecular complexity index is 664. The van der Waals surface area contributed by atoms with E-state index in [1.807, 2.05) is 0 Å². The van der Waals surface area contributed by atoms with E-state index in [4.69, 9.17) is 14.2 Å². The lowest BCUT2D eigenvalue weighted by Gasteiger charge is -2.18. The van der Waals surface area contributed by atoms with Crippen LogP contribution < -0.4 is 4.74 Å². The fraction of sp³-hybridized carbons (Fsp3) is 0.588. The van der Waals surface area contributed by atoms with Crippen LogP contribution in [0.1, 0.15) is 30.9 Å². The second kappa shape index (κ2) is 5.53. The number of ketones is 1. The summed E-state index contributed by atoms with van der Waals surface area (Å²) >= 11 is 3.29. The van der Waals surface area contributed by atoms with E-state index in [0.717, 1.165) is 19.3 Å². The smallest absolute Gasteiger partial charge is 0.171 e. The van der Waals surface area contributed by atoms with Gasteiger partial charge < -0.3 is 14.2 Å². The highest BCUT2D eigenvalue weighted by Crippen LogP contribution is 2.67. The van der Waals surface area contributed by atoms with Crippen LogP contribution in [0.25, 0.3) is 0 Å². The van der Waals surface area contributed by atoms with E-state index in [1.54, 1.807) is 13.2 Å². The van der Waals surface area contributed by atoms with E-state index in [1.165, 1.54) is 6.07 Å². The minimum absolute atomic E-state index is 0.0985. The molecule has 0 amide bonds. The Morgan fingerprint density at radius 1 is 1.39 bits per heavy atom. The molecule has 0 radical (unpaired) electrons. The van der Waals surface area contributed by atoms with Gasteiger partial charge in [0.25, 0.3) is 0 Å². The molecule has 3 aliphatic rings. The van der Waals surface area contributed by atoms with Crippen LogP contribution in [0.5, 0.6) is 5.75 Å². The van der Waals surface area contributed by atoms with Gasteiger partial charge in [-0.1, -0.05) is 15.9 Å². The Morgan fingerprint density at radius 2 is 2.22 bits per heavy atom. The lowest BCUT2D eigenvalue weighted by molar-refractivity contribution is -0.127. The largest absolute Gasteiger partial charge is 0.491 e. The van der Waals surface area contributed by atoms with Crippen LogP contribution >= 0.6 is 15.9 Å². The Hall–Kier alpha value is -0.980. The third-order valence-corrected chi connectivity index (χ3v) is 5.76. The summed E-state index contributed by atoms with van der Waals surface area (Å²) in [5, 5.41) is 0. The lowest BCUT2D eigenvalue weighted by Crippen LogP contribution is -2.32. The molecule has 1 aliphatic heterocycles. The highest BCUT2D eigenvalue weighted by molar-refractivity contribution is 9.10. The number of epoxide rings is 1. The molecule has 4 unspecified atom stereocenters. The first-order chi connectivity index (χ1) is 11.1. The molecule has 0 aromatic heterocycles. The number of ether oxygens (including phenoxy) is 3. The Labute approximate surface area is 142 Å². The third-order valence-electron chi connectivity index (χ3n) is 5.30. The molecule has 124 valence electrons. The molecular weight excluding hydrogens is 367 g/mol. The molecule has 4 nitrogen and oxygen atoms in total. The van der Waals surface area contributed by atoms with Gasteiger partial charge in [-0.2, -0.15) is 0 Å². The lowest BCUT2D eigenvalue weighted by atomic mass is 9.82.